The standard InChI is InChI=1S/C32H44N5O6P/c1-9-41-44(42-10-2)19-11-18-33-29-28-27(34-30(35-29)36(6)31(38)43-32(3,4)5)25-17-16-24(40-8)20-26(25)37(28)21-22-12-14-23(39-7)15-13-22/h12-17,20H,9-11,18-19,21H2,1-8H3,(H,33,34,35). The van der Waals surface area contributed by atoms with Gasteiger partial charge in [0, 0.05) is 37.8 Å². The smallest absolute Gasteiger partial charge is 0.416 e. The molecule has 0 aliphatic carbocycles. The average Bonchev–Trinajstić information content (AvgIpc) is 3.30. The summed E-state index contributed by atoms with van der Waals surface area (Å²) in [5, 5.41) is 4.45. The largest absolute Gasteiger partial charge is 0.497 e. The number of benzene rings is 2. The molecule has 44 heavy (non-hydrogen) atoms. The van der Waals surface area contributed by atoms with E-state index in [0.717, 1.165) is 46.1 Å². The number of aromatic nitrogens is 3. The Morgan fingerprint density at radius 3 is 2.25 bits per heavy atom. The van der Waals surface area contributed by atoms with Crippen molar-refractivity contribution in [2.45, 2.75) is 53.2 Å². The highest BCUT2D eigenvalue weighted by Crippen LogP contribution is 2.39. The Kier molecular flexibility index (Phi) is 11.2. The summed E-state index contributed by atoms with van der Waals surface area (Å²) in [5.41, 5.74) is 2.88. The van der Waals surface area contributed by atoms with E-state index in [1.165, 1.54) is 4.90 Å². The van der Waals surface area contributed by atoms with Crippen LogP contribution in [0.3, 0.4) is 0 Å². The van der Waals surface area contributed by atoms with Crippen LogP contribution < -0.4 is 19.7 Å². The molecule has 12 heteroatoms. The van der Waals surface area contributed by atoms with E-state index in [2.05, 4.69) is 9.88 Å². The summed E-state index contributed by atoms with van der Waals surface area (Å²) in [5.74, 6) is 2.36. The molecular formula is C32H44N5O6P. The molecule has 0 aliphatic heterocycles. The van der Waals surface area contributed by atoms with Gasteiger partial charge < -0.3 is 33.1 Å². The molecule has 0 fully saturated rings. The zero-order chi connectivity index (χ0) is 31.9. The minimum Gasteiger partial charge on any atom is -0.497 e. The first kappa shape index (κ1) is 33.2. The molecule has 0 saturated heterocycles. The minimum absolute atomic E-state index is 0.236. The van der Waals surface area contributed by atoms with Crippen LogP contribution in [-0.2, 0) is 20.3 Å². The van der Waals surface area contributed by atoms with Gasteiger partial charge in [-0.05, 0) is 70.9 Å². The van der Waals surface area contributed by atoms with Gasteiger partial charge in [-0.1, -0.05) is 12.1 Å². The van der Waals surface area contributed by atoms with E-state index in [0.29, 0.717) is 37.6 Å². The molecule has 1 N–H and O–H groups in total. The molecule has 0 saturated carbocycles. The van der Waals surface area contributed by atoms with Crippen molar-refractivity contribution < 1.29 is 28.1 Å². The van der Waals surface area contributed by atoms with Crippen molar-refractivity contribution in [1.29, 1.82) is 0 Å². The molecule has 0 bridgehead atoms. The van der Waals surface area contributed by atoms with Crippen LogP contribution in [0.4, 0.5) is 16.6 Å². The van der Waals surface area contributed by atoms with Gasteiger partial charge in [-0.15, -0.1) is 0 Å². The molecule has 4 rings (SSSR count). The lowest BCUT2D eigenvalue weighted by Gasteiger charge is -2.24. The van der Waals surface area contributed by atoms with Crippen molar-refractivity contribution >= 4 is 48.2 Å². The molecule has 0 spiro atoms. The predicted octanol–water partition coefficient (Wildman–Crippen LogP) is 7.21. The van der Waals surface area contributed by atoms with E-state index in [9.17, 15) is 4.79 Å². The monoisotopic (exact) mass is 625 g/mol. The van der Waals surface area contributed by atoms with Crippen molar-refractivity contribution in [3.8, 4) is 11.5 Å². The summed E-state index contributed by atoms with van der Waals surface area (Å²) < 4.78 is 30.4. The molecule has 0 aliphatic rings. The number of ether oxygens (including phenoxy) is 3. The molecule has 238 valence electrons. The highest BCUT2D eigenvalue weighted by molar-refractivity contribution is 7.47. The first-order chi connectivity index (χ1) is 21.1. The van der Waals surface area contributed by atoms with Gasteiger partial charge in [0.2, 0.25) is 5.95 Å². The molecule has 2 aromatic heterocycles. The summed E-state index contributed by atoms with van der Waals surface area (Å²) in [4.78, 5) is 24.2. The minimum atomic E-state index is -0.952. The molecule has 0 radical (unpaired) electrons. The fourth-order valence-corrected chi connectivity index (χ4v) is 6.03. The van der Waals surface area contributed by atoms with E-state index >= 15 is 0 Å². The number of nitrogens with zero attached hydrogens (tertiary/aromatic N) is 4. The second-order valence-corrected chi connectivity index (χ2v) is 12.7. The van der Waals surface area contributed by atoms with E-state index in [4.69, 9.17) is 33.2 Å². The Hall–Kier alpha value is -3.66. The highest BCUT2D eigenvalue weighted by Gasteiger charge is 2.26. The van der Waals surface area contributed by atoms with Crippen LogP contribution in [0, 0.1) is 0 Å². The molecular weight excluding hydrogens is 581 g/mol. The third kappa shape index (κ3) is 8.08. The zero-order valence-corrected chi connectivity index (χ0v) is 27.9. The first-order valence-corrected chi connectivity index (χ1v) is 16.2. The predicted molar refractivity (Wildman–Crippen MR) is 176 cm³/mol. The van der Waals surface area contributed by atoms with Crippen LogP contribution in [-0.4, -0.2) is 73.4 Å². The quantitative estimate of drug-likeness (QED) is 0.115. The van der Waals surface area contributed by atoms with Gasteiger partial charge in [-0.25, -0.2) is 14.7 Å². The second-order valence-electron chi connectivity index (χ2n) is 11.1. The molecule has 11 nitrogen and oxygen atoms in total. The van der Waals surface area contributed by atoms with Gasteiger partial charge in [0.05, 0.1) is 33.0 Å². The van der Waals surface area contributed by atoms with Crippen molar-refractivity contribution in [3.63, 3.8) is 0 Å². The molecule has 0 unspecified atom stereocenters. The number of rotatable bonds is 14. The Bertz CT molecular complexity index is 1550. The summed E-state index contributed by atoms with van der Waals surface area (Å²) >= 11 is 0. The maximum Gasteiger partial charge on any atom is 0.416 e. The van der Waals surface area contributed by atoms with Crippen LogP contribution in [0.5, 0.6) is 11.5 Å². The van der Waals surface area contributed by atoms with Gasteiger partial charge in [0.25, 0.3) is 0 Å². The van der Waals surface area contributed by atoms with E-state index < -0.39 is 20.1 Å². The van der Waals surface area contributed by atoms with E-state index in [1.54, 1.807) is 21.3 Å². The fraction of sp³-hybridized carbons (Fsp3) is 0.469. The first-order valence-electron chi connectivity index (χ1n) is 14.8. The van der Waals surface area contributed by atoms with Crippen molar-refractivity contribution in [2.24, 2.45) is 0 Å². The van der Waals surface area contributed by atoms with Crippen molar-refractivity contribution in [3.05, 3.63) is 48.0 Å². The normalized spacial score (nSPS) is 11.8. The van der Waals surface area contributed by atoms with Gasteiger partial charge in [-0.3, -0.25) is 0 Å². The lowest BCUT2D eigenvalue weighted by atomic mass is 10.2. The Morgan fingerprint density at radius 1 is 0.977 bits per heavy atom. The number of nitrogens with one attached hydrogen (secondary N) is 1. The molecule has 1 amide bonds. The summed E-state index contributed by atoms with van der Waals surface area (Å²) in [6, 6.07) is 13.9. The number of hydrogen-bond donors (Lipinski definition) is 1. The lowest BCUT2D eigenvalue weighted by molar-refractivity contribution is 0.0587. The van der Waals surface area contributed by atoms with Gasteiger partial charge in [-0.2, -0.15) is 4.98 Å². The number of amides is 1. The van der Waals surface area contributed by atoms with Crippen LogP contribution >= 0.6 is 8.38 Å². The van der Waals surface area contributed by atoms with Crippen LogP contribution in [0.1, 0.15) is 46.6 Å². The number of fused-ring (bicyclic) bond motifs is 3. The number of hydrogen-bond acceptors (Lipinski definition) is 9. The fourth-order valence-electron chi connectivity index (χ4n) is 4.70. The van der Waals surface area contributed by atoms with Crippen LogP contribution in [0.25, 0.3) is 21.9 Å². The van der Waals surface area contributed by atoms with Gasteiger partial charge >= 0.3 is 6.09 Å². The SMILES string of the molecule is CCOP(CCCNc1nc(N(C)C(=O)OC(C)(C)C)nc2c3ccc(OC)cc3n(Cc3ccc(OC)cc3)c12)OCC. The summed E-state index contributed by atoms with van der Waals surface area (Å²) in [6.07, 6.45) is 1.06. The van der Waals surface area contributed by atoms with Crippen LogP contribution in [0.2, 0.25) is 0 Å². The lowest BCUT2D eigenvalue weighted by Crippen LogP contribution is -2.35. The number of anilines is 2. The maximum atomic E-state index is 13.1. The maximum absolute atomic E-state index is 13.1. The van der Waals surface area contributed by atoms with Crippen molar-refractivity contribution in [2.75, 3.05) is 57.4 Å². The Morgan fingerprint density at radius 2 is 1.64 bits per heavy atom. The van der Waals surface area contributed by atoms with Crippen molar-refractivity contribution in [1.82, 2.24) is 14.5 Å². The molecule has 2 heterocycles. The van der Waals surface area contributed by atoms with E-state index in [-0.39, 0.29) is 5.95 Å². The average molecular weight is 626 g/mol. The number of methoxy groups -OCH3 is 2. The second kappa shape index (κ2) is 14.9. The molecule has 4 aromatic rings. The topological polar surface area (TPSA) is 109 Å². The third-order valence-corrected chi connectivity index (χ3v) is 8.49. The van der Waals surface area contributed by atoms with Gasteiger partial charge in [0.15, 0.2) is 14.2 Å². The summed E-state index contributed by atoms with van der Waals surface area (Å²) in [7, 11) is 3.97. The third-order valence-electron chi connectivity index (χ3n) is 6.72. The Balaban J connectivity index is 1.82. The Labute approximate surface area is 260 Å². The molecule has 0 atom stereocenters. The highest BCUT2D eigenvalue weighted by atomic mass is 31.2. The number of carbonyl (C=O) groups is 1. The molecule has 2 aromatic carbocycles. The summed E-state index contributed by atoms with van der Waals surface area (Å²) in [6.45, 7) is 11.8. The van der Waals surface area contributed by atoms with E-state index in [1.807, 2.05) is 77.1 Å². The van der Waals surface area contributed by atoms with Gasteiger partial charge in [0.1, 0.15) is 28.1 Å². The number of carbonyl (C=O) groups excluding carboxylic acids is 1. The van der Waals surface area contributed by atoms with Crippen LogP contribution in [0.15, 0.2) is 42.5 Å². The zero-order valence-electron chi connectivity index (χ0n) is 27.0.